The molecule has 1 aromatic heterocycles. The van der Waals surface area contributed by atoms with E-state index in [9.17, 15) is 4.79 Å². The first-order chi connectivity index (χ1) is 12.3. The lowest BCUT2D eigenvalue weighted by Gasteiger charge is -2.34. The molecule has 1 aromatic carbocycles. The topological polar surface area (TPSA) is 59.2 Å². The van der Waals surface area contributed by atoms with Crippen LogP contribution < -0.4 is 0 Å². The quantitative estimate of drug-likeness (QED) is 0.847. The smallest absolute Gasteiger partial charge is 0.230 e. The zero-order valence-corrected chi connectivity index (χ0v) is 14.6. The van der Waals surface area contributed by atoms with Crippen LogP contribution in [-0.2, 0) is 4.79 Å². The third-order valence-corrected chi connectivity index (χ3v) is 5.58. The van der Waals surface area contributed by atoms with Gasteiger partial charge in [-0.05, 0) is 25.7 Å². The summed E-state index contributed by atoms with van der Waals surface area (Å²) in [5.41, 5.74) is 0.974. The number of likely N-dealkylation sites (tertiary alicyclic amines) is 1. The lowest BCUT2D eigenvalue weighted by atomic mass is 9.87. The van der Waals surface area contributed by atoms with E-state index in [1.165, 1.54) is 19.3 Å². The van der Waals surface area contributed by atoms with E-state index < -0.39 is 0 Å². The summed E-state index contributed by atoms with van der Waals surface area (Å²) in [6.45, 7) is 1.62. The van der Waals surface area contributed by atoms with Crippen molar-refractivity contribution in [1.29, 1.82) is 0 Å². The number of piperidine rings is 1. The Kier molecular flexibility index (Phi) is 4.81. The summed E-state index contributed by atoms with van der Waals surface area (Å²) in [6, 6.07) is 9.89. The van der Waals surface area contributed by atoms with Gasteiger partial charge in [0.2, 0.25) is 17.6 Å². The molecule has 0 N–H and O–H groups in total. The van der Waals surface area contributed by atoms with Gasteiger partial charge in [-0.15, -0.1) is 0 Å². The average molecular weight is 339 g/mol. The fraction of sp³-hybridized carbons (Fsp3) is 0.550. The normalized spacial score (nSPS) is 19.9. The molecule has 132 valence electrons. The molecule has 1 amide bonds. The van der Waals surface area contributed by atoms with Crippen molar-refractivity contribution in [1.82, 2.24) is 15.0 Å². The lowest BCUT2D eigenvalue weighted by Crippen LogP contribution is -2.41. The van der Waals surface area contributed by atoms with E-state index in [2.05, 4.69) is 15.0 Å². The number of amides is 1. The maximum absolute atomic E-state index is 12.7. The number of nitrogens with zero attached hydrogens (tertiary/aromatic N) is 3. The molecule has 25 heavy (non-hydrogen) atoms. The highest BCUT2D eigenvalue weighted by atomic mass is 16.5. The molecule has 5 nitrogen and oxygen atoms in total. The van der Waals surface area contributed by atoms with Crippen molar-refractivity contribution in [2.45, 2.75) is 50.9 Å². The molecule has 1 aliphatic heterocycles. The molecule has 2 fully saturated rings. The Balaban J connectivity index is 1.36. The fourth-order valence-electron chi connectivity index (χ4n) is 4.06. The molecule has 4 rings (SSSR count). The molecule has 0 radical (unpaired) electrons. The van der Waals surface area contributed by atoms with Crippen molar-refractivity contribution in [2.75, 3.05) is 13.1 Å². The number of carbonyl (C=O) groups excluding carboxylic acids is 1. The summed E-state index contributed by atoms with van der Waals surface area (Å²) in [5, 5.41) is 4.12. The van der Waals surface area contributed by atoms with E-state index in [0.717, 1.165) is 44.3 Å². The van der Waals surface area contributed by atoms with Crippen LogP contribution in [0.5, 0.6) is 0 Å². The summed E-state index contributed by atoms with van der Waals surface area (Å²) in [6.07, 6.45) is 7.66. The molecule has 0 spiro atoms. The minimum absolute atomic E-state index is 0.262. The van der Waals surface area contributed by atoms with Gasteiger partial charge in [0.15, 0.2) is 0 Å². The fourth-order valence-corrected chi connectivity index (χ4v) is 4.06. The van der Waals surface area contributed by atoms with Gasteiger partial charge in [0.1, 0.15) is 0 Å². The summed E-state index contributed by atoms with van der Waals surface area (Å²) in [7, 11) is 0. The molecular formula is C20H25N3O2. The molecule has 2 aromatic rings. The van der Waals surface area contributed by atoms with Crippen LogP contribution in [0.1, 0.15) is 56.8 Å². The number of benzene rings is 1. The van der Waals surface area contributed by atoms with Gasteiger partial charge in [-0.25, -0.2) is 0 Å². The van der Waals surface area contributed by atoms with Crippen molar-refractivity contribution in [3.63, 3.8) is 0 Å². The molecule has 1 saturated carbocycles. The SMILES string of the molecule is O=C(C1CCCCC1)N1CCC(c2nc(-c3ccccc3)no2)CC1. The predicted molar refractivity (Wildman–Crippen MR) is 94.9 cm³/mol. The van der Waals surface area contributed by atoms with Gasteiger partial charge < -0.3 is 9.42 Å². The molecule has 1 saturated heterocycles. The second-order valence-electron chi connectivity index (χ2n) is 7.26. The third kappa shape index (κ3) is 3.60. The van der Waals surface area contributed by atoms with Crippen LogP contribution in [-0.4, -0.2) is 34.0 Å². The van der Waals surface area contributed by atoms with Crippen LogP contribution in [0.25, 0.3) is 11.4 Å². The Morgan fingerprint density at radius 2 is 1.72 bits per heavy atom. The molecule has 0 unspecified atom stereocenters. The molecule has 2 aliphatic rings. The van der Waals surface area contributed by atoms with Crippen molar-refractivity contribution in [2.24, 2.45) is 5.92 Å². The van der Waals surface area contributed by atoms with Gasteiger partial charge in [-0.3, -0.25) is 4.79 Å². The van der Waals surface area contributed by atoms with Crippen LogP contribution in [0.2, 0.25) is 0 Å². The van der Waals surface area contributed by atoms with Crippen molar-refractivity contribution >= 4 is 5.91 Å². The third-order valence-electron chi connectivity index (χ3n) is 5.58. The maximum Gasteiger partial charge on any atom is 0.230 e. The number of hydrogen-bond donors (Lipinski definition) is 0. The van der Waals surface area contributed by atoms with Crippen LogP contribution >= 0.6 is 0 Å². The highest BCUT2D eigenvalue weighted by molar-refractivity contribution is 5.79. The Bertz CT molecular complexity index is 699. The number of aromatic nitrogens is 2. The van der Waals surface area contributed by atoms with E-state index in [0.29, 0.717) is 17.6 Å². The van der Waals surface area contributed by atoms with Gasteiger partial charge in [-0.2, -0.15) is 4.98 Å². The van der Waals surface area contributed by atoms with Crippen LogP contribution in [0.3, 0.4) is 0 Å². The first kappa shape index (κ1) is 16.3. The molecular weight excluding hydrogens is 314 g/mol. The van der Waals surface area contributed by atoms with E-state index in [-0.39, 0.29) is 11.8 Å². The Hall–Kier alpha value is -2.17. The Labute approximate surface area is 148 Å². The average Bonchev–Trinajstić information content (AvgIpc) is 3.19. The predicted octanol–water partition coefficient (Wildman–Crippen LogP) is 4.02. The monoisotopic (exact) mass is 339 g/mol. The van der Waals surface area contributed by atoms with E-state index in [4.69, 9.17) is 4.52 Å². The standard InChI is InChI=1S/C20H25N3O2/c24-20(17-9-5-2-6-10-17)23-13-11-16(12-14-23)19-21-18(22-25-19)15-7-3-1-4-8-15/h1,3-4,7-8,16-17H,2,5-6,9-14H2. The second-order valence-corrected chi connectivity index (χ2v) is 7.26. The zero-order valence-electron chi connectivity index (χ0n) is 14.6. The summed E-state index contributed by atoms with van der Waals surface area (Å²) >= 11 is 0. The Morgan fingerprint density at radius 1 is 1.00 bits per heavy atom. The van der Waals surface area contributed by atoms with Gasteiger partial charge in [0, 0.05) is 30.5 Å². The zero-order chi connectivity index (χ0) is 17.1. The van der Waals surface area contributed by atoms with Crippen LogP contribution in [0, 0.1) is 5.92 Å². The van der Waals surface area contributed by atoms with Crippen LogP contribution in [0.15, 0.2) is 34.9 Å². The van der Waals surface area contributed by atoms with E-state index in [1.54, 1.807) is 0 Å². The molecule has 0 atom stereocenters. The first-order valence-electron chi connectivity index (χ1n) is 9.49. The molecule has 0 bridgehead atoms. The summed E-state index contributed by atoms with van der Waals surface area (Å²) < 4.78 is 5.51. The second kappa shape index (κ2) is 7.38. The molecule has 5 heteroatoms. The number of carbonyl (C=O) groups is 1. The van der Waals surface area contributed by atoms with Crippen LogP contribution in [0.4, 0.5) is 0 Å². The van der Waals surface area contributed by atoms with Gasteiger partial charge in [0.05, 0.1) is 0 Å². The largest absolute Gasteiger partial charge is 0.342 e. The lowest BCUT2D eigenvalue weighted by molar-refractivity contribution is -0.137. The van der Waals surface area contributed by atoms with Crippen molar-refractivity contribution in [3.8, 4) is 11.4 Å². The molecule has 2 heterocycles. The van der Waals surface area contributed by atoms with E-state index in [1.807, 2.05) is 30.3 Å². The minimum Gasteiger partial charge on any atom is -0.342 e. The first-order valence-corrected chi connectivity index (χ1v) is 9.49. The van der Waals surface area contributed by atoms with Gasteiger partial charge in [-0.1, -0.05) is 54.8 Å². The summed E-state index contributed by atoms with van der Waals surface area (Å²) in [5.74, 6) is 2.26. The highest BCUT2D eigenvalue weighted by Crippen LogP contribution is 2.31. The number of rotatable bonds is 3. The van der Waals surface area contributed by atoms with E-state index >= 15 is 0 Å². The van der Waals surface area contributed by atoms with Crippen molar-refractivity contribution < 1.29 is 9.32 Å². The maximum atomic E-state index is 12.7. The van der Waals surface area contributed by atoms with Crippen molar-refractivity contribution in [3.05, 3.63) is 36.2 Å². The highest BCUT2D eigenvalue weighted by Gasteiger charge is 2.31. The minimum atomic E-state index is 0.262. The van der Waals surface area contributed by atoms with Gasteiger partial charge in [0.25, 0.3) is 0 Å². The molecule has 1 aliphatic carbocycles. The number of hydrogen-bond acceptors (Lipinski definition) is 4. The summed E-state index contributed by atoms with van der Waals surface area (Å²) in [4.78, 5) is 19.3. The van der Waals surface area contributed by atoms with Gasteiger partial charge >= 0.3 is 0 Å². The Morgan fingerprint density at radius 3 is 2.44 bits per heavy atom.